The number of aliphatic hydroxyl groups is 1. The van der Waals surface area contributed by atoms with E-state index in [1.807, 2.05) is 26.8 Å². The van der Waals surface area contributed by atoms with Gasteiger partial charge in [0.1, 0.15) is 17.1 Å². The van der Waals surface area contributed by atoms with Crippen molar-refractivity contribution in [2.75, 3.05) is 18.4 Å². The van der Waals surface area contributed by atoms with Crippen molar-refractivity contribution < 1.29 is 14.6 Å². The van der Waals surface area contributed by atoms with Crippen LogP contribution in [-0.4, -0.2) is 61.9 Å². The number of amides is 1. The summed E-state index contributed by atoms with van der Waals surface area (Å²) < 4.78 is 5.41. The molecule has 1 saturated heterocycles. The van der Waals surface area contributed by atoms with Crippen LogP contribution in [-0.2, 0) is 4.74 Å². The number of nitrogens with zero attached hydrogens (tertiary/aromatic N) is 3. The Morgan fingerprint density at radius 1 is 1.48 bits per heavy atom. The van der Waals surface area contributed by atoms with E-state index in [1.165, 1.54) is 0 Å². The number of fused-ring (bicyclic) bond motifs is 1. The van der Waals surface area contributed by atoms with Gasteiger partial charge in [0.2, 0.25) is 5.28 Å². The molecule has 136 valence electrons. The summed E-state index contributed by atoms with van der Waals surface area (Å²) in [6.45, 7) is 6.23. The molecule has 0 radical (unpaired) electrons. The molecule has 2 aromatic heterocycles. The second-order valence-corrected chi connectivity index (χ2v) is 7.45. The van der Waals surface area contributed by atoms with Crippen LogP contribution in [0.2, 0.25) is 5.28 Å². The molecule has 1 amide bonds. The first-order valence-corrected chi connectivity index (χ1v) is 8.54. The number of aromatic nitrogens is 3. The van der Waals surface area contributed by atoms with E-state index in [-0.39, 0.29) is 11.3 Å². The lowest BCUT2D eigenvalue weighted by Gasteiger charge is -2.37. The normalized spacial score (nSPS) is 21.4. The molecule has 8 nitrogen and oxygen atoms in total. The number of piperidine rings is 1. The summed E-state index contributed by atoms with van der Waals surface area (Å²) in [6.07, 6.45) is 1.19. The largest absolute Gasteiger partial charge is 0.444 e. The van der Waals surface area contributed by atoms with Gasteiger partial charge < -0.3 is 25.0 Å². The van der Waals surface area contributed by atoms with Gasteiger partial charge in [-0.15, -0.1) is 0 Å². The van der Waals surface area contributed by atoms with Crippen LogP contribution in [0.15, 0.2) is 12.3 Å². The van der Waals surface area contributed by atoms with Crippen LogP contribution < -0.4 is 5.32 Å². The van der Waals surface area contributed by atoms with Gasteiger partial charge in [-0.25, -0.2) is 9.78 Å². The third-order valence-electron chi connectivity index (χ3n) is 3.94. The molecule has 3 N–H and O–H groups in total. The number of likely N-dealkylation sites (tertiary alicyclic amines) is 1. The Balaban J connectivity index is 1.76. The molecule has 2 aromatic rings. The van der Waals surface area contributed by atoms with E-state index in [9.17, 15) is 9.90 Å². The van der Waals surface area contributed by atoms with Gasteiger partial charge in [-0.2, -0.15) is 4.98 Å². The fourth-order valence-electron chi connectivity index (χ4n) is 2.77. The van der Waals surface area contributed by atoms with Gasteiger partial charge in [-0.1, -0.05) is 0 Å². The zero-order chi connectivity index (χ0) is 18.2. The maximum Gasteiger partial charge on any atom is 0.410 e. The molecular formula is C16H22ClN5O3. The molecule has 0 unspecified atom stereocenters. The number of hydrogen-bond donors (Lipinski definition) is 3. The molecule has 1 aliphatic rings. The predicted molar refractivity (Wildman–Crippen MR) is 94.7 cm³/mol. The summed E-state index contributed by atoms with van der Waals surface area (Å²) in [4.78, 5) is 25.2. The minimum Gasteiger partial charge on any atom is -0.444 e. The Bertz CT molecular complexity index is 773. The van der Waals surface area contributed by atoms with E-state index in [0.717, 1.165) is 5.39 Å². The standard InChI is InChI=1S/C16H22ClN5O3/c1-16(2,3)25-15(24)22-7-5-11(23)10(8-22)19-13-9-4-6-18-12(9)20-14(17)21-13/h4,6,10-11,23H,5,7-8H2,1-3H3,(H2,18,19,20,21)/t10-,11+/m0/s1. The summed E-state index contributed by atoms with van der Waals surface area (Å²) in [5.41, 5.74) is 0.0462. The number of carbonyl (C=O) groups is 1. The van der Waals surface area contributed by atoms with Gasteiger partial charge in [0.05, 0.1) is 17.5 Å². The topological polar surface area (TPSA) is 103 Å². The molecule has 0 aromatic carbocycles. The minimum absolute atomic E-state index is 0.103. The molecule has 0 saturated carbocycles. The zero-order valence-electron chi connectivity index (χ0n) is 14.4. The van der Waals surface area contributed by atoms with Crippen LogP contribution >= 0.6 is 11.6 Å². The molecule has 0 spiro atoms. The number of rotatable bonds is 2. The molecule has 1 fully saturated rings. The number of anilines is 1. The number of carbonyl (C=O) groups excluding carboxylic acids is 1. The van der Waals surface area contributed by atoms with Crippen LogP contribution in [0.25, 0.3) is 11.0 Å². The van der Waals surface area contributed by atoms with Crippen molar-refractivity contribution in [2.45, 2.75) is 44.9 Å². The first-order chi connectivity index (χ1) is 11.7. The number of halogens is 1. The lowest BCUT2D eigenvalue weighted by Crippen LogP contribution is -2.53. The average molecular weight is 368 g/mol. The number of H-pyrrole nitrogens is 1. The van der Waals surface area contributed by atoms with Crippen molar-refractivity contribution in [3.05, 3.63) is 17.5 Å². The highest BCUT2D eigenvalue weighted by Gasteiger charge is 2.33. The van der Waals surface area contributed by atoms with Crippen LogP contribution in [0.5, 0.6) is 0 Å². The number of aromatic amines is 1. The number of aliphatic hydroxyl groups excluding tert-OH is 1. The van der Waals surface area contributed by atoms with Crippen LogP contribution in [0.3, 0.4) is 0 Å². The SMILES string of the molecule is CC(C)(C)OC(=O)N1CC[C@@H](O)[C@@H](Nc2nc(Cl)nc3[nH]ccc23)C1. The van der Waals surface area contributed by atoms with Gasteiger partial charge in [0.25, 0.3) is 0 Å². The van der Waals surface area contributed by atoms with E-state index in [2.05, 4.69) is 20.3 Å². The summed E-state index contributed by atoms with van der Waals surface area (Å²) >= 11 is 5.96. The summed E-state index contributed by atoms with van der Waals surface area (Å²) in [7, 11) is 0. The molecule has 9 heteroatoms. The first kappa shape index (κ1) is 17.8. The predicted octanol–water partition coefficient (Wildman–Crippen LogP) is 2.39. The molecule has 0 bridgehead atoms. The molecule has 2 atom stereocenters. The highest BCUT2D eigenvalue weighted by Crippen LogP contribution is 2.24. The van der Waals surface area contributed by atoms with Crippen LogP contribution in [0, 0.1) is 0 Å². The zero-order valence-corrected chi connectivity index (χ0v) is 15.2. The van der Waals surface area contributed by atoms with E-state index < -0.39 is 17.8 Å². The maximum absolute atomic E-state index is 12.3. The summed E-state index contributed by atoms with van der Waals surface area (Å²) in [5.74, 6) is 0.520. The fraction of sp³-hybridized carbons (Fsp3) is 0.562. The molecule has 3 rings (SSSR count). The van der Waals surface area contributed by atoms with Crippen molar-refractivity contribution >= 4 is 34.5 Å². The smallest absolute Gasteiger partial charge is 0.410 e. The monoisotopic (exact) mass is 367 g/mol. The van der Waals surface area contributed by atoms with E-state index in [1.54, 1.807) is 11.1 Å². The first-order valence-electron chi connectivity index (χ1n) is 8.16. The van der Waals surface area contributed by atoms with Crippen molar-refractivity contribution in [3.63, 3.8) is 0 Å². The van der Waals surface area contributed by atoms with E-state index >= 15 is 0 Å². The second kappa shape index (κ2) is 6.68. The Morgan fingerprint density at radius 3 is 2.96 bits per heavy atom. The Kier molecular flexibility index (Phi) is 4.75. The van der Waals surface area contributed by atoms with Gasteiger partial charge in [0.15, 0.2) is 0 Å². The van der Waals surface area contributed by atoms with Gasteiger partial charge in [-0.3, -0.25) is 0 Å². The third kappa shape index (κ3) is 4.13. The Hall–Kier alpha value is -2.06. The number of ether oxygens (including phenoxy) is 1. The molecule has 1 aliphatic heterocycles. The third-order valence-corrected chi connectivity index (χ3v) is 4.11. The highest BCUT2D eigenvalue weighted by atomic mass is 35.5. The van der Waals surface area contributed by atoms with Gasteiger partial charge in [0, 0.05) is 19.3 Å². The number of hydrogen-bond acceptors (Lipinski definition) is 6. The minimum atomic E-state index is -0.610. The summed E-state index contributed by atoms with van der Waals surface area (Å²) in [5, 5.41) is 14.4. The van der Waals surface area contributed by atoms with Crippen molar-refractivity contribution in [1.29, 1.82) is 0 Å². The fourth-order valence-corrected chi connectivity index (χ4v) is 2.94. The number of nitrogens with one attached hydrogen (secondary N) is 2. The van der Waals surface area contributed by atoms with Crippen molar-refractivity contribution in [2.24, 2.45) is 0 Å². The van der Waals surface area contributed by atoms with Gasteiger partial charge in [-0.05, 0) is 44.9 Å². The van der Waals surface area contributed by atoms with E-state index in [0.29, 0.717) is 31.0 Å². The molecular weight excluding hydrogens is 346 g/mol. The van der Waals surface area contributed by atoms with E-state index in [4.69, 9.17) is 16.3 Å². The molecule has 0 aliphatic carbocycles. The Labute approximate surface area is 150 Å². The Morgan fingerprint density at radius 2 is 2.24 bits per heavy atom. The lowest BCUT2D eigenvalue weighted by molar-refractivity contribution is 0.00693. The second-order valence-electron chi connectivity index (χ2n) is 7.11. The highest BCUT2D eigenvalue weighted by molar-refractivity contribution is 6.28. The summed E-state index contributed by atoms with van der Waals surface area (Å²) in [6, 6.07) is 1.44. The lowest BCUT2D eigenvalue weighted by atomic mass is 10.0. The quantitative estimate of drug-likeness (QED) is 0.704. The van der Waals surface area contributed by atoms with Crippen molar-refractivity contribution in [1.82, 2.24) is 19.9 Å². The molecule has 3 heterocycles. The van der Waals surface area contributed by atoms with Gasteiger partial charge >= 0.3 is 6.09 Å². The van der Waals surface area contributed by atoms with Crippen molar-refractivity contribution in [3.8, 4) is 0 Å². The van der Waals surface area contributed by atoms with Crippen LogP contribution in [0.1, 0.15) is 27.2 Å². The van der Waals surface area contributed by atoms with Crippen LogP contribution in [0.4, 0.5) is 10.6 Å². The average Bonchev–Trinajstić information content (AvgIpc) is 2.95. The molecule has 25 heavy (non-hydrogen) atoms. The maximum atomic E-state index is 12.3.